The molecule has 3 nitrogen and oxygen atoms in total. The fourth-order valence-corrected chi connectivity index (χ4v) is 3.55. The van der Waals surface area contributed by atoms with Crippen molar-refractivity contribution in [2.75, 3.05) is 0 Å². The molecule has 0 atom stereocenters. The molecular weight excluding hydrogens is 318 g/mol. The van der Waals surface area contributed by atoms with Crippen molar-refractivity contribution in [3.63, 3.8) is 0 Å². The normalized spacial score (nSPS) is 11.0. The maximum Gasteiger partial charge on any atom is 0.158 e. The Morgan fingerprint density at radius 2 is 1.12 bits per heavy atom. The molecule has 0 bridgehead atoms. The SMILES string of the molecule is N#Cc1cn(C(c2ccccc2)(c2ccccc2)c2ccccc2)cn1. The molecule has 0 radical (unpaired) electrons. The molecule has 0 unspecified atom stereocenters. The van der Waals surface area contributed by atoms with Crippen molar-refractivity contribution in [3.8, 4) is 6.07 Å². The summed E-state index contributed by atoms with van der Waals surface area (Å²) in [4.78, 5) is 4.28. The summed E-state index contributed by atoms with van der Waals surface area (Å²) in [5.74, 6) is 0. The van der Waals surface area contributed by atoms with Crippen LogP contribution in [0.2, 0.25) is 0 Å². The molecule has 0 saturated carbocycles. The number of rotatable bonds is 4. The van der Waals surface area contributed by atoms with Gasteiger partial charge >= 0.3 is 0 Å². The van der Waals surface area contributed by atoms with Gasteiger partial charge in [0.2, 0.25) is 0 Å². The second kappa shape index (κ2) is 6.70. The predicted molar refractivity (Wildman–Crippen MR) is 102 cm³/mol. The Labute approximate surface area is 152 Å². The molecule has 0 aliphatic rings. The number of nitrogens with zero attached hydrogens (tertiary/aromatic N) is 3. The van der Waals surface area contributed by atoms with Crippen LogP contribution in [0.4, 0.5) is 0 Å². The molecular formula is C23H17N3. The molecule has 0 aliphatic carbocycles. The van der Waals surface area contributed by atoms with E-state index in [4.69, 9.17) is 0 Å². The van der Waals surface area contributed by atoms with Crippen molar-refractivity contribution in [3.05, 3.63) is 126 Å². The lowest BCUT2D eigenvalue weighted by Gasteiger charge is -2.37. The fraction of sp³-hybridized carbons (Fsp3) is 0.0435. The first-order valence-corrected chi connectivity index (χ1v) is 8.47. The molecule has 3 aromatic carbocycles. The van der Waals surface area contributed by atoms with Crippen molar-refractivity contribution < 1.29 is 0 Å². The molecule has 0 amide bonds. The Morgan fingerprint density at radius 1 is 0.692 bits per heavy atom. The van der Waals surface area contributed by atoms with E-state index < -0.39 is 5.54 Å². The van der Waals surface area contributed by atoms with Gasteiger partial charge < -0.3 is 4.57 Å². The molecule has 4 rings (SSSR count). The van der Waals surface area contributed by atoms with Crippen LogP contribution in [0.25, 0.3) is 0 Å². The quantitative estimate of drug-likeness (QED) is 0.512. The lowest BCUT2D eigenvalue weighted by atomic mass is 9.77. The van der Waals surface area contributed by atoms with Gasteiger partial charge in [-0.15, -0.1) is 0 Å². The minimum absolute atomic E-state index is 0.400. The Kier molecular flexibility index (Phi) is 4.09. The highest BCUT2D eigenvalue weighted by molar-refractivity contribution is 5.50. The molecule has 0 spiro atoms. The average Bonchev–Trinajstić information content (AvgIpc) is 3.21. The van der Waals surface area contributed by atoms with E-state index in [2.05, 4.69) is 47.5 Å². The van der Waals surface area contributed by atoms with E-state index in [1.165, 1.54) is 0 Å². The summed E-state index contributed by atoms with van der Waals surface area (Å²) in [7, 11) is 0. The van der Waals surface area contributed by atoms with E-state index >= 15 is 0 Å². The molecule has 124 valence electrons. The molecule has 0 saturated heterocycles. The Bertz CT molecular complexity index is 932. The zero-order chi connectivity index (χ0) is 17.8. The summed E-state index contributed by atoms with van der Waals surface area (Å²) in [5.41, 5.74) is 3.13. The van der Waals surface area contributed by atoms with Crippen molar-refractivity contribution in [1.29, 1.82) is 5.26 Å². The van der Waals surface area contributed by atoms with Crippen LogP contribution in [0.3, 0.4) is 0 Å². The fourth-order valence-electron chi connectivity index (χ4n) is 3.55. The average molecular weight is 335 g/mol. The zero-order valence-electron chi connectivity index (χ0n) is 14.2. The molecule has 26 heavy (non-hydrogen) atoms. The van der Waals surface area contributed by atoms with Gasteiger partial charge in [0.15, 0.2) is 5.69 Å². The smallest absolute Gasteiger partial charge is 0.158 e. The van der Waals surface area contributed by atoms with E-state index in [1.54, 1.807) is 6.33 Å². The minimum Gasteiger partial charge on any atom is -0.318 e. The Balaban J connectivity index is 2.12. The molecule has 0 aliphatic heterocycles. The third kappa shape index (κ3) is 2.49. The first kappa shape index (κ1) is 15.9. The van der Waals surface area contributed by atoms with Crippen LogP contribution in [0.5, 0.6) is 0 Å². The molecule has 1 heterocycles. The number of hydrogen-bond donors (Lipinski definition) is 0. The second-order valence-electron chi connectivity index (χ2n) is 6.09. The summed E-state index contributed by atoms with van der Waals surface area (Å²) < 4.78 is 2.03. The largest absolute Gasteiger partial charge is 0.318 e. The van der Waals surface area contributed by atoms with E-state index in [0.717, 1.165) is 16.7 Å². The summed E-state index contributed by atoms with van der Waals surface area (Å²) in [5, 5.41) is 9.30. The van der Waals surface area contributed by atoms with E-state index in [-0.39, 0.29) is 0 Å². The second-order valence-corrected chi connectivity index (χ2v) is 6.09. The van der Waals surface area contributed by atoms with E-state index in [1.807, 2.05) is 65.4 Å². The molecule has 3 heteroatoms. The standard InChI is InChI=1S/C23H17N3/c24-16-22-17-26(18-25-22)23(19-10-4-1-5-11-19,20-12-6-2-7-13-20)21-14-8-3-9-15-21/h1-15,17-18H. The molecule has 0 N–H and O–H groups in total. The van der Waals surface area contributed by atoms with Crippen molar-refractivity contribution in [1.82, 2.24) is 9.55 Å². The molecule has 0 fully saturated rings. The zero-order valence-corrected chi connectivity index (χ0v) is 14.2. The van der Waals surface area contributed by atoms with Crippen molar-refractivity contribution in [2.45, 2.75) is 5.54 Å². The summed E-state index contributed by atoms with van der Waals surface area (Å²) in [6.45, 7) is 0. The van der Waals surface area contributed by atoms with Crippen LogP contribution in [-0.4, -0.2) is 9.55 Å². The maximum absolute atomic E-state index is 9.30. The number of hydrogen-bond acceptors (Lipinski definition) is 2. The summed E-state index contributed by atoms with van der Waals surface area (Å²) in [6.07, 6.45) is 3.55. The lowest BCUT2D eigenvalue weighted by Crippen LogP contribution is -2.36. The third-order valence-corrected chi connectivity index (χ3v) is 4.66. The van der Waals surface area contributed by atoms with Crippen LogP contribution in [0, 0.1) is 11.3 Å². The van der Waals surface area contributed by atoms with Gasteiger partial charge in [0, 0.05) is 6.20 Å². The molecule has 1 aromatic heterocycles. The Hall–Kier alpha value is -3.64. The lowest BCUT2D eigenvalue weighted by molar-refractivity contribution is 0.514. The van der Waals surface area contributed by atoms with Gasteiger partial charge in [-0.25, -0.2) is 4.98 Å². The van der Waals surface area contributed by atoms with Crippen molar-refractivity contribution in [2.24, 2.45) is 0 Å². The number of imidazole rings is 1. The van der Waals surface area contributed by atoms with E-state index in [0.29, 0.717) is 5.69 Å². The highest BCUT2D eigenvalue weighted by Crippen LogP contribution is 2.40. The van der Waals surface area contributed by atoms with Gasteiger partial charge in [0.1, 0.15) is 11.6 Å². The van der Waals surface area contributed by atoms with Gasteiger partial charge in [-0.3, -0.25) is 0 Å². The highest BCUT2D eigenvalue weighted by atomic mass is 15.1. The van der Waals surface area contributed by atoms with Gasteiger partial charge in [0.25, 0.3) is 0 Å². The summed E-state index contributed by atoms with van der Waals surface area (Å²) in [6, 6.07) is 33.1. The number of benzene rings is 3. The van der Waals surface area contributed by atoms with Gasteiger partial charge in [0.05, 0.1) is 6.33 Å². The maximum atomic E-state index is 9.30. The van der Waals surface area contributed by atoms with Gasteiger partial charge in [-0.1, -0.05) is 91.0 Å². The summed E-state index contributed by atoms with van der Waals surface area (Å²) >= 11 is 0. The van der Waals surface area contributed by atoms with Gasteiger partial charge in [-0.2, -0.15) is 5.26 Å². The van der Waals surface area contributed by atoms with Crippen molar-refractivity contribution >= 4 is 0 Å². The van der Waals surface area contributed by atoms with Crippen LogP contribution < -0.4 is 0 Å². The number of nitriles is 1. The van der Waals surface area contributed by atoms with Crippen LogP contribution in [0.1, 0.15) is 22.4 Å². The Morgan fingerprint density at radius 3 is 1.46 bits per heavy atom. The van der Waals surface area contributed by atoms with E-state index in [9.17, 15) is 5.26 Å². The topological polar surface area (TPSA) is 41.6 Å². The van der Waals surface area contributed by atoms with Gasteiger partial charge in [-0.05, 0) is 16.7 Å². The van der Waals surface area contributed by atoms with Crippen LogP contribution >= 0.6 is 0 Å². The highest BCUT2D eigenvalue weighted by Gasteiger charge is 2.38. The third-order valence-electron chi connectivity index (χ3n) is 4.66. The number of aromatic nitrogens is 2. The molecule has 4 aromatic rings. The first-order chi connectivity index (χ1) is 12.9. The first-order valence-electron chi connectivity index (χ1n) is 8.47. The monoisotopic (exact) mass is 335 g/mol. The minimum atomic E-state index is -0.605. The van der Waals surface area contributed by atoms with Crippen LogP contribution in [0.15, 0.2) is 104 Å². The van der Waals surface area contributed by atoms with Crippen LogP contribution in [-0.2, 0) is 5.54 Å². The predicted octanol–water partition coefficient (Wildman–Crippen LogP) is 4.59.